The lowest BCUT2D eigenvalue weighted by Gasteiger charge is -2.26. The van der Waals surface area contributed by atoms with Crippen molar-refractivity contribution in [2.75, 3.05) is 43.9 Å². The Hall–Kier alpha value is -2.95. The number of aromatic nitrogens is 5. The number of halogens is 1. The fourth-order valence-electron chi connectivity index (χ4n) is 3.26. The van der Waals surface area contributed by atoms with Gasteiger partial charge in [0.2, 0.25) is 5.95 Å². The van der Waals surface area contributed by atoms with Gasteiger partial charge in [-0.05, 0) is 12.1 Å². The quantitative estimate of drug-likeness (QED) is 0.387. The van der Waals surface area contributed by atoms with Crippen LogP contribution in [0.3, 0.4) is 0 Å². The van der Waals surface area contributed by atoms with Gasteiger partial charge in [-0.2, -0.15) is 10.1 Å². The summed E-state index contributed by atoms with van der Waals surface area (Å²) in [5, 5.41) is 19.9. The first kappa shape index (κ1) is 20.3. The minimum Gasteiger partial charge on any atom is -0.398 e. The molecule has 0 spiro atoms. The third kappa shape index (κ3) is 4.30. The van der Waals surface area contributed by atoms with E-state index in [9.17, 15) is 0 Å². The number of nitrogens with zero attached hydrogens (tertiary/aromatic N) is 6. The molecule has 1 aliphatic heterocycles. The lowest BCUT2D eigenvalue weighted by atomic mass is 10.1. The van der Waals surface area contributed by atoms with Gasteiger partial charge in [-0.25, -0.2) is 4.68 Å². The van der Waals surface area contributed by atoms with E-state index in [1.165, 1.54) is 0 Å². The van der Waals surface area contributed by atoms with E-state index in [0.717, 1.165) is 51.2 Å². The number of benzene rings is 1. The molecule has 158 valence electrons. The Balaban J connectivity index is 1.47. The fraction of sp³-hybridized carbons (Fsp3) is 0.368. The number of rotatable bonds is 7. The van der Waals surface area contributed by atoms with Crippen LogP contribution in [-0.2, 0) is 18.3 Å². The van der Waals surface area contributed by atoms with Gasteiger partial charge in [0.15, 0.2) is 5.82 Å². The third-order valence-electron chi connectivity index (χ3n) is 5.01. The van der Waals surface area contributed by atoms with Gasteiger partial charge in [0.25, 0.3) is 0 Å². The second kappa shape index (κ2) is 8.82. The summed E-state index contributed by atoms with van der Waals surface area (Å²) in [6.45, 7) is 5.22. The normalized spacial score (nSPS) is 14.7. The Morgan fingerprint density at radius 2 is 2.10 bits per heavy atom. The molecule has 1 saturated heterocycles. The lowest BCUT2D eigenvalue weighted by molar-refractivity contribution is 0.0360. The SMILES string of the molecule is Cn1nc(-c2cnn(CCN3CCOCC3)c2)nc1Nc1ccc(N)c(C=N)c1Cl. The van der Waals surface area contributed by atoms with Crippen molar-refractivity contribution in [1.29, 1.82) is 5.41 Å². The zero-order chi connectivity index (χ0) is 21.1. The van der Waals surface area contributed by atoms with Crippen LogP contribution >= 0.6 is 11.6 Å². The van der Waals surface area contributed by atoms with Gasteiger partial charge in [0.1, 0.15) is 0 Å². The van der Waals surface area contributed by atoms with Crippen molar-refractivity contribution in [3.05, 3.63) is 35.1 Å². The summed E-state index contributed by atoms with van der Waals surface area (Å²) >= 11 is 6.37. The van der Waals surface area contributed by atoms with Gasteiger partial charge < -0.3 is 21.2 Å². The maximum Gasteiger partial charge on any atom is 0.226 e. The van der Waals surface area contributed by atoms with Crippen molar-refractivity contribution in [3.8, 4) is 11.4 Å². The first-order chi connectivity index (χ1) is 14.5. The van der Waals surface area contributed by atoms with Crippen LogP contribution < -0.4 is 11.1 Å². The van der Waals surface area contributed by atoms with Gasteiger partial charge in [0, 0.05) is 50.3 Å². The average molecular weight is 430 g/mol. The molecule has 3 aromatic rings. The van der Waals surface area contributed by atoms with E-state index in [1.54, 1.807) is 30.1 Å². The second-order valence-electron chi connectivity index (χ2n) is 7.03. The highest BCUT2D eigenvalue weighted by atomic mass is 35.5. The molecule has 1 aromatic carbocycles. The number of nitrogen functional groups attached to an aromatic ring is 1. The third-order valence-corrected chi connectivity index (χ3v) is 5.42. The van der Waals surface area contributed by atoms with Crippen LogP contribution in [0.15, 0.2) is 24.5 Å². The van der Waals surface area contributed by atoms with Crippen LogP contribution in [0.2, 0.25) is 5.02 Å². The van der Waals surface area contributed by atoms with E-state index in [2.05, 4.69) is 25.4 Å². The highest BCUT2D eigenvalue weighted by molar-refractivity contribution is 6.36. The molecule has 0 unspecified atom stereocenters. The first-order valence-corrected chi connectivity index (χ1v) is 10.0. The molecule has 3 heterocycles. The van der Waals surface area contributed by atoms with Gasteiger partial charge in [0.05, 0.1) is 42.2 Å². The van der Waals surface area contributed by atoms with Crippen LogP contribution in [-0.4, -0.2) is 68.5 Å². The Morgan fingerprint density at radius 3 is 2.87 bits per heavy atom. The van der Waals surface area contributed by atoms with Crippen molar-refractivity contribution in [2.24, 2.45) is 7.05 Å². The first-order valence-electron chi connectivity index (χ1n) is 9.64. The van der Waals surface area contributed by atoms with E-state index >= 15 is 0 Å². The Bertz CT molecular complexity index is 1040. The van der Waals surface area contributed by atoms with Gasteiger partial charge >= 0.3 is 0 Å². The predicted octanol–water partition coefficient (Wildman–Crippen LogP) is 1.99. The molecule has 4 rings (SSSR count). The van der Waals surface area contributed by atoms with Crippen LogP contribution in [0.5, 0.6) is 0 Å². The number of nitrogens with two attached hydrogens (primary N) is 1. The minimum absolute atomic E-state index is 0.366. The van der Waals surface area contributed by atoms with Gasteiger partial charge in [-0.1, -0.05) is 11.6 Å². The van der Waals surface area contributed by atoms with Crippen molar-refractivity contribution in [3.63, 3.8) is 0 Å². The second-order valence-corrected chi connectivity index (χ2v) is 7.41. The molecule has 10 nitrogen and oxygen atoms in total. The topological polar surface area (TPSA) is 123 Å². The van der Waals surface area contributed by atoms with Crippen LogP contribution in [0.4, 0.5) is 17.3 Å². The molecule has 0 bridgehead atoms. The maximum absolute atomic E-state index is 7.49. The largest absolute Gasteiger partial charge is 0.398 e. The summed E-state index contributed by atoms with van der Waals surface area (Å²) in [5.74, 6) is 1.09. The van der Waals surface area contributed by atoms with Crippen molar-refractivity contribution in [2.45, 2.75) is 6.54 Å². The smallest absolute Gasteiger partial charge is 0.226 e. The maximum atomic E-state index is 7.49. The molecule has 0 saturated carbocycles. The monoisotopic (exact) mass is 429 g/mol. The fourth-order valence-corrected chi connectivity index (χ4v) is 3.53. The standard InChI is InChI=1S/C19H24ClN9O/c1-27-19(24-16-3-2-15(22)14(10-21)17(16)20)25-18(26-27)13-11-23-29(12-13)5-4-28-6-8-30-9-7-28/h2-3,10-12,21H,4-9,22H2,1H3,(H,24,25,26). The average Bonchev–Trinajstić information content (AvgIpc) is 3.36. The predicted molar refractivity (Wildman–Crippen MR) is 117 cm³/mol. The molecule has 11 heteroatoms. The Kier molecular flexibility index (Phi) is 5.98. The number of anilines is 3. The van der Waals surface area contributed by atoms with Crippen molar-refractivity contribution in [1.82, 2.24) is 29.4 Å². The van der Waals surface area contributed by atoms with E-state index in [-0.39, 0.29) is 0 Å². The molecule has 1 aliphatic rings. The van der Waals surface area contributed by atoms with Crippen molar-refractivity contribution >= 4 is 35.1 Å². The van der Waals surface area contributed by atoms with Crippen LogP contribution in [0.25, 0.3) is 11.4 Å². The number of hydrogen-bond donors (Lipinski definition) is 3. The Morgan fingerprint density at radius 1 is 1.30 bits per heavy atom. The van der Waals surface area contributed by atoms with Crippen LogP contribution in [0.1, 0.15) is 5.56 Å². The van der Waals surface area contributed by atoms with E-state index in [0.29, 0.717) is 33.7 Å². The number of ether oxygens (including phenoxy) is 1. The molecular weight excluding hydrogens is 406 g/mol. The number of aryl methyl sites for hydroxylation is 1. The number of morpholine rings is 1. The molecule has 0 radical (unpaired) electrons. The molecule has 2 aromatic heterocycles. The lowest BCUT2D eigenvalue weighted by Crippen LogP contribution is -2.38. The highest BCUT2D eigenvalue weighted by Crippen LogP contribution is 2.31. The van der Waals surface area contributed by atoms with E-state index in [1.807, 2.05) is 10.9 Å². The van der Waals surface area contributed by atoms with Crippen molar-refractivity contribution < 1.29 is 4.74 Å². The molecular formula is C19H24ClN9O. The summed E-state index contributed by atoms with van der Waals surface area (Å²) in [7, 11) is 1.80. The molecule has 0 aliphatic carbocycles. The molecule has 0 atom stereocenters. The van der Waals surface area contributed by atoms with E-state index in [4.69, 9.17) is 27.5 Å². The molecule has 30 heavy (non-hydrogen) atoms. The summed E-state index contributed by atoms with van der Waals surface area (Å²) in [6.07, 6.45) is 4.85. The van der Waals surface area contributed by atoms with E-state index < -0.39 is 0 Å². The van der Waals surface area contributed by atoms with Gasteiger partial charge in [-0.3, -0.25) is 9.58 Å². The zero-order valence-corrected chi connectivity index (χ0v) is 17.4. The highest BCUT2D eigenvalue weighted by Gasteiger charge is 2.15. The Labute approximate surface area is 179 Å². The minimum atomic E-state index is 0.366. The number of nitrogens with one attached hydrogen (secondary N) is 2. The zero-order valence-electron chi connectivity index (χ0n) is 16.7. The molecule has 1 fully saturated rings. The molecule has 0 amide bonds. The van der Waals surface area contributed by atoms with Crippen LogP contribution in [0, 0.1) is 5.41 Å². The van der Waals surface area contributed by atoms with Gasteiger partial charge in [-0.15, -0.1) is 5.10 Å². The summed E-state index contributed by atoms with van der Waals surface area (Å²) < 4.78 is 8.92. The summed E-state index contributed by atoms with van der Waals surface area (Å²) in [6, 6.07) is 3.45. The summed E-state index contributed by atoms with van der Waals surface area (Å²) in [5.41, 5.74) is 8.22. The summed E-state index contributed by atoms with van der Waals surface area (Å²) in [4.78, 5) is 6.94. The molecule has 4 N–H and O–H groups in total. The number of hydrogen-bond acceptors (Lipinski definition) is 8.